The number of aromatic nitrogens is 2. The van der Waals surface area contributed by atoms with Crippen molar-refractivity contribution in [3.05, 3.63) is 47.1 Å². The molecular formula is C21H25ClN4. The van der Waals surface area contributed by atoms with Gasteiger partial charge in [0.15, 0.2) is 0 Å². The SMILES string of the molecule is Cc1cnc2[nH]c(-c3ccc(N4CCC(N(C)C)CC4)cc3)cc2c1Cl. The fourth-order valence-corrected chi connectivity index (χ4v) is 3.98. The van der Waals surface area contributed by atoms with Gasteiger partial charge in [0.05, 0.1) is 5.02 Å². The van der Waals surface area contributed by atoms with Crippen molar-refractivity contribution < 1.29 is 0 Å². The number of rotatable bonds is 3. The number of anilines is 1. The highest BCUT2D eigenvalue weighted by Crippen LogP contribution is 2.31. The molecule has 3 aromatic rings. The zero-order valence-corrected chi connectivity index (χ0v) is 16.3. The van der Waals surface area contributed by atoms with Gasteiger partial charge in [-0.2, -0.15) is 0 Å². The quantitative estimate of drug-likeness (QED) is 0.726. The van der Waals surface area contributed by atoms with Crippen molar-refractivity contribution >= 4 is 28.3 Å². The first-order valence-corrected chi connectivity index (χ1v) is 9.56. The molecule has 0 bridgehead atoms. The van der Waals surface area contributed by atoms with Crippen LogP contribution in [0.4, 0.5) is 5.69 Å². The fourth-order valence-electron chi connectivity index (χ4n) is 3.79. The molecule has 26 heavy (non-hydrogen) atoms. The van der Waals surface area contributed by atoms with Crippen LogP contribution in [0.5, 0.6) is 0 Å². The number of nitrogens with zero attached hydrogens (tertiary/aromatic N) is 3. The van der Waals surface area contributed by atoms with Gasteiger partial charge in [-0.3, -0.25) is 0 Å². The summed E-state index contributed by atoms with van der Waals surface area (Å²) < 4.78 is 0. The normalized spacial score (nSPS) is 16.0. The van der Waals surface area contributed by atoms with Gasteiger partial charge in [-0.25, -0.2) is 4.98 Å². The Kier molecular flexibility index (Phi) is 4.63. The number of hydrogen-bond donors (Lipinski definition) is 1. The number of aromatic amines is 1. The smallest absolute Gasteiger partial charge is 0.139 e. The van der Waals surface area contributed by atoms with Gasteiger partial charge in [0.25, 0.3) is 0 Å². The molecule has 1 aromatic carbocycles. The summed E-state index contributed by atoms with van der Waals surface area (Å²) in [6.07, 6.45) is 4.26. The first kappa shape index (κ1) is 17.4. The highest BCUT2D eigenvalue weighted by atomic mass is 35.5. The molecule has 0 saturated carbocycles. The third-order valence-electron chi connectivity index (χ3n) is 5.51. The Labute approximate surface area is 159 Å². The first-order chi connectivity index (χ1) is 12.5. The van der Waals surface area contributed by atoms with Gasteiger partial charge < -0.3 is 14.8 Å². The van der Waals surface area contributed by atoms with E-state index in [0.29, 0.717) is 6.04 Å². The van der Waals surface area contributed by atoms with E-state index in [-0.39, 0.29) is 0 Å². The van der Waals surface area contributed by atoms with Crippen molar-refractivity contribution in [3.63, 3.8) is 0 Å². The maximum atomic E-state index is 6.42. The van der Waals surface area contributed by atoms with Crippen molar-refractivity contribution in [2.75, 3.05) is 32.1 Å². The van der Waals surface area contributed by atoms with Gasteiger partial charge in [-0.15, -0.1) is 0 Å². The molecule has 0 spiro atoms. The second-order valence-corrected chi connectivity index (χ2v) is 7.81. The highest BCUT2D eigenvalue weighted by Gasteiger charge is 2.20. The van der Waals surface area contributed by atoms with Crippen molar-refractivity contribution in [2.24, 2.45) is 0 Å². The number of hydrogen-bond acceptors (Lipinski definition) is 3. The summed E-state index contributed by atoms with van der Waals surface area (Å²) in [6.45, 7) is 4.22. The summed E-state index contributed by atoms with van der Waals surface area (Å²) >= 11 is 6.42. The molecule has 0 atom stereocenters. The first-order valence-electron chi connectivity index (χ1n) is 9.18. The number of aryl methyl sites for hydroxylation is 1. The highest BCUT2D eigenvalue weighted by molar-refractivity contribution is 6.36. The molecule has 1 fully saturated rings. The maximum Gasteiger partial charge on any atom is 0.139 e. The van der Waals surface area contributed by atoms with Crippen LogP contribution in [0.15, 0.2) is 36.5 Å². The monoisotopic (exact) mass is 368 g/mol. The summed E-state index contributed by atoms with van der Waals surface area (Å²) in [5.41, 5.74) is 5.35. The van der Waals surface area contributed by atoms with E-state index in [1.54, 1.807) is 0 Å². The van der Waals surface area contributed by atoms with Crippen LogP contribution in [0.3, 0.4) is 0 Å². The van der Waals surface area contributed by atoms with E-state index in [9.17, 15) is 0 Å². The van der Waals surface area contributed by atoms with E-state index < -0.39 is 0 Å². The molecule has 5 heteroatoms. The fraction of sp³-hybridized carbons (Fsp3) is 0.381. The van der Waals surface area contributed by atoms with Crippen molar-refractivity contribution in [2.45, 2.75) is 25.8 Å². The van der Waals surface area contributed by atoms with Crippen molar-refractivity contribution in [3.8, 4) is 11.3 Å². The van der Waals surface area contributed by atoms with Gasteiger partial charge in [0.2, 0.25) is 0 Å². The number of nitrogens with one attached hydrogen (secondary N) is 1. The van der Waals surface area contributed by atoms with Crippen LogP contribution in [-0.2, 0) is 0 Å². The summed E-state index contributed by atoms with van der Waals surface area (Å²) in [5.74, 6) is 0. The number of fused-ring (bicyclic) bond motifs is 1. The summed E-state index contributed by atoms with van der Waals surface area (Å²) in [7, 11) is 4.36. The Morgan fingerprint density at radius 2 is 1.85 bits per heavy atom. The third kappa shape index (κ3) is 3.19. The molecule has 1 saturated heterocycles. The number of halogens is 1. The number of H-pyrrole nitrogens is 1. The van der Waals surface area contributed by atoms with Crippen LogP contribution in [-0.4, -0.2) is 48.1 Å². The summed E-state index contributed by atoms with van der Waals surface area (Å²) in [4.78, 5) is 12.7. The van der Waals surface area contributed by atoms with Gasteiger partial charge in [0.1, 0.15) is 5.65 Å². The molecule has 1 aliphatic heterocycles. The van der Waals surface area contributed by atoms with E-state index in [0.717, 1.165) is 46.0 Å². The topological polar surface area (TPSA) is 35.2 Å². The molecule has 4 rings (SSSR count). The molecule has 136 valence electrons. The van der Waals surface area contributed by atoms with Crippen LogP contribution in [0, 0.1) is 6.92 Å². The predicted octanol–water partition coefficient (Wildman–Crippen LogP) is 4.72. The minimum atomic E-state index is 0.706. The van der Waals surface area contributed by atoms with E-state index in [1.807, 2.05) is 13.1 Å². The molecular weight excluding hydrogens is 344 g/mol. The molecule has 0 aliphatic carbocycles. The van der Waals surface area contributed by atoms with E-state index >= 15 is 0 Å². The predicted molar refractivity (Wildman–Crippen MR) is 110 cm³/mol. The minimum Gasteiger partial charge on any atom is -0.371 e. The zero-order chi connectivity index (χ0) is 18.3. The number of piperidine rings is 1. The largest absolute Gasteiger partial charge is 0.371 e. The van der Waals surface area contributed by atoms with E-state index in [2.05, 4.69) is 64.2 Å². The zero-order valence-electron chi connectivity index (χ0n) is 15.6. The van der Waals surface area contributed by atoms with Gasteiger partial charge in [-0.05, 0) is 63.2 Å². The molecule has 2 aromatic heterocycles. The maximum absolute atomic E-state index is 6.42. The van der Waals surface area contributed by atoms with Crippen molar-refractivity contribution in [1.29, 1.82) is 0 Å². The molecule has 3 heterocycles. The van der Waals surface area contributed by atoms with Crippen LogP contribution < -0.4 is 4.90 Å². The Morgan fingerprint density at radius 3 is 2.50 bits per heavy atom. The summed E-state index contributed by atoms with van der Waals surface area (Å²) in [5, 5.41) is 1.76. The van der Waals surface area contributed by atoms with Crippen molar-refractivity contribution in [1.82, 2.24) is 14.9 Å². The minimum absolute atomic E-state index is 0.706. The van der Waals surface area contributed by atoms with Crippen LogP contribution in [0.25, 0.3) is 22.3 Å². The summed E-state index contributed by atoms with van der Waals surface area (Å²) in [6, 6.07) is 11.6. The molecule has 0 amide bonds. The number of pyridine rings is 1. The Bertz CT molecular complexity index is 906. The second-order valence-electron chi connectivity index (χ2n) is 7.43. The van der Waals surface area contributed by atoms with E-state index in [4.69, 9.17) is 11.6 Å². The molecule has 4 nitrogen and oxygen atoms in total. The average molecular weight is 369 g/mol. The second kappa shape index (κ2) is 6.93. The lowest BCUT2D eigenvalue weighted by Gasteiger charge is -2.36. The Balaban J connectivity index is 1.54. The van der Waals surface area contributed by atoms with Crippen LogP contribution in [0.2, 0.25) is 5.02 Å². The standard InChI is InChI=1S/C21H25ClN4/c1-14-13-23-21-18(20(14)22)12-19(24-21)15-4-6-17(7-5-15)26-10-8-16(9-11-26)25(2)3/h4-7,12-13,16H,8-11H2,1-3H3,(H,23,24). The van der Waals surface area contributed by atoms with Gasteiger partial charge >= 0.3 is 0 Å². The molecule has 0 radical (unpaired) electrons. The van der Waals surface area contributed by atoms with E-state index in [1.165, 1.54) is 18.5 Å². The van der Waals surface area contributed by atoms with Crippen LogP contribution in [0.1, 0.15) is 18.4 Å². The number of benzene rings is 1. The van der Waals surface area contributed by atoms with Crippen LogP contribution >= 0.6 is 11.6 Å². The molecule has 1 aliphatic rings. The van der Waals surface area contributed by atoms with Gasteiger partial charge in [0, 0.05) is 42.1 Å². The van der Waals surface area contributed by atoms with Gasteiger partial charge in [-0.1, -0.05) is 23.7 Å². The Morgan fingerprint density at radius 1 is 1.15 bits per heavy atom. The lowest BCUT2D eigenvalue weighted by molar-refractivity contribution is 0.249. The average Bonchev–Trinajstić information content (AvgIpc) is 3.10. The lowest BCUT2D eigenvalue weighted by Crippen LogP contribution is -2.41. The third-order valence-corrected chi connectivity index (χ3v) is 6.01. The lowest BCUT2D eigenvalue weighted by atomic mass is 10.0. The molecule has 0 unspecified atom stereocenters. The molecule has 1 N–H and O–H groups in total. The Hall–Kier alpha value is -2.04.